The average molecular weight is 402 g/mol. The monoisotopic (exact) mass is 401 g/mol. The fourth-order valence-corrected chi connectivity index (χ4v) is 4.16. The summed E-state index contributed by atoms with van der Waals surface area (Å²) >= 11 is 0. The molecule has 0 atom stereocenters. The van der Waals surface area contributed by atoms with Gasteiger partial charge < -0.3 is 5.32 Å². The lowest BCUT2D eigenvalue weighted by Gasteiger charge is -2.19. The lowest BCUT2D eigenvalue weighted by molar-refractivity contribution is -0.121. The van der Waals surface area contributed by atoms with E-state index in [0.29, 0.717) is 6.54 Å². The van der Waals surface area contributed by atoms with Crippen LogP contribution < -0.4 is 10.9 Å². The van der Waals surface area contributed by atoms with Crippen LogP contribution in [0.2, 0.25) is 0 Å². The van der Waals surface area contributed by atoms with E-state index in [1.54, 1.807) is 6.07 Å². The SMILES string of the molecule is O=C(Cn1nc2c(cc1=O)CCCC2)NCCC(c1ccccc1)c1ccccc1. The number of nitrogens with one attached hydrogen (secondary N) is 1. The molecule has 154 valence electrons. The Morgan fingerprint density at radius 3 is 2.27 bits per heavy atom. The molecule has 0 unspecified atom stereocenters. The van der Waals surface area contributed by atoms with Crippen molar-refractivity contribution in [3.63, 3.8) is 0 Å². The molecule has 0 bridgehead atoms. The summed E-state index contributed by atoms with van der Waals surface area (Å²) in [7, 11) is 0. The zero-order valence-corrected chi connectivity index (χ0v) is 17.1. The first kappa shape index (κ1) is 20.1. The van der Waals surface area contributed by atoms with Crippen LogP contribution in [-0.4, -0.2) is 22.2 Å². The predicted octanol–water partition coefficient (Wildman–Crippen LogP) is 3.46. The van der Waals surface area contributed by atoms with Crippen molar-refractivity contribution in [2.24, 2.45) is 0 Å². The van der Waals surface area contributed by atoms with Crippen molar-refractivity contribution < 1.29 is 4.79 Å². The third kappa shape index (κ3) is 4.85. The number of nitrogens with zero attached hydrogens (tertiary/aromatic N) is 2. The number of aryl methyl sites for hydroxylation is 2. The number of rotatable bonds is 7. The van der Waals surface area contributed by atoms with Gasteiger partial charge in [-0.25, -0.2) is 4.68 Å². The van der Waals surface area contributed by atoms with E-state index in [-0.39, 0.29) is 23.9 Å². The molecular formula is C25H27N3O2. The molecule has 1 N–H and O–H groups in total. The molecule has 5 nitrogen and oxygen atoms in total. The number of hydrogen-bond acceptors (Lipinski definition) is 3. The van der Waals surface area contributed by atoms with E-state index in [1.807, 2.05) is 36.4 Å². The number of fused-ring (bicyclic) bond motifs is 1. The molecule has 1 heterocycles. The van der Waals surface area contributed by atoms with Crippen molar-refractivity contribution >= 4 is 5.91 Å². The van der Waals surface area contributed by atoms with Gasteiger partial charge in [0.05, 0.1) is 5.69 Å². The molecule has 1 aliphatic rings. The molecule has 4 rings (SSSR count). The van der Waals surface area contributed by atoms with Gasteiger partial charge in [-0.1, -0.05) is 60.7 Å². The second-order valence-electron chi connectivity index (χ2n) is 7.83. The highest BCUT2D eigenvalue weighted by molar-refractivity contribution is 5.75. The smallest absolute Gasteiger partial charge is 0.267 e. The predicted molar refractivity (Wildman–Crippen MR) is 117 cm³/mol. The van der Waals surface area contributed by atoms with Gasteiger partial charge in [-0.05, 0) is 48.8 Å². The van der Waals surface area contributed by atoms with E-state index in [0.717, 1.165) is 43.4 Å². The van der Waals surface area contributed by atoms with E-state index in [4.69, 9.17) is 0 Å². The highest BCUT2D eigenvalue weighted by Crippen LogP contribution is 2.27. The average Bonchev–Trinajstić information content (AvgIpc) is 2.78. The zero-order valence-electron chi connectivity index (χ0n) is 17.1. The molecule has 0 saturated heterocycles. The van der Waals surface area contributed by atoms with Crippen LogP contribution in [0.25, 0.3) is 0 Å². The summed E-state index contributed by atoms with van der Waals surface area (Å²) in [6, 6.07) is 22.3. The molecule has 3 aromatic rings. The maximum Gasteiger partial charge on any atom is 0.267 e. The van der Waals surface area contributed by atoms with Gasteiger partial charge in [0.25, 0.3) is 5.56 Å². The topological polar surface area (TPSA) is 64.0 Å². The summed E-state index contributed by atoms with van der Waals surface area (Å²) < 4.78 is 1.30. The maximum absolute atomic E-state index is 12.5. The second-order valence-corrected chi connectivity index (χ2v) is 7.83. The highest BCUT2D eigenvalue weighted by atomic mass is 16.2. The minimum absolute atomic E-state index is 0.0343. The molecule has 0 aliphatic heterocycles. The Balaban J connectivity index is 1.39. The molecule has 1 amide bonds. The first-order valence-corrected chi connectivity index (χ1v) is 10.7. The van der Waals surface area contributed by atoms with E-state index in [9.17, 15) is 9.59 Å². The van der Waals surface area contributed by atoms with Crippen molar-refractivity contribution in [1.29, 1.82) is 0 Å². The minimum atomic E-state index is -0.197. The molecule has 0 fully saturated rings. The van der Waals surface area contributed by atoms with E-state index < -0.39 is 0 Å². The summed E-state index contributed by atoms with van der Waals surface area (Å²) in [5, 5.41) is 7.40. The van der Waals surface area contributed by atoms with Crippen molar-refractivity contribution in [3.8, 4) is 0 Å². The Labute approximate surface area is 176 Å². The summed E-state index contributed by atoms with van der Waals surface area (Å²) in [6.45, 7) is 0.500. The van der Waals surface area contributed by atoms with Crippen LogP contribution in [0.4, 0.5) is 0 Å². The lowest BCUT2D eigenvalue weighted by atomic mass is 9.88. The van der Waals surface area contributed by atoms with Crippen LogP contribution in [0.5, 0.6) is 0 Å². The molecule has 2 aromatic carbocycles. The molecule has 0 spiro atoms. The van der Waals surface area contributed by atoms with Gasteiger partial charge in [-0.3, -0.25) is 9.59 Å². The molecule has 0 saturated carbocycles. The number of amides is 1. The van der Waals surface area contributed by atoms with Crippen LogP contribution in [0, 0.1) is 0 Å². The number of aromatic nitrogens is 2. The third-order valence-electron chi connectivity index (χ3n) is 5.73. The largest absolute Gasteiger partial charge is 0.354 e. The fraction of sp³-hybridized carbons (Fsp3) is 0.320. The Morgan fingerprint density at radius 1 is 0.967 bits per heavy atom. The minimum Gasteiger partial charge on any atom is -0.354 e. The third-order valence-corrected chi connectivity index (χ3v) is 5.73. The molecular weight excluding hydrogens is 374 g/mol. The van der Waals surface area contributed by atoms with Crippen LogP contribution in [0.15, 0.2) is 71.5 Å². The lowest BCUT2D eigenvalue weighted by Crippen LogP contribution is -2.35. The summed E-state index contributed by atoms with van der Waals surface area (Å²) in [6.07, 6.45) is 4.76. The van der Waals surface area contributed by atoms with Crippen molar-refractivity contribution in [3.05, 3.63) is 99.5 Å². The van der Waals surface area contributed by atoms with Gasteiger partial charge in [-0.15, -0.1) is 0 Å². The van der Waals surface area contributed by atoms with E-state index in [1.165, 1.54) is 15.8 Å². The number of benzene rings is 2. The van der Waals surface area contributed by atoms with Crippen LogP contribution in [0.3, 0.4) is 0 Å². The maximum atomic E-state index is 12.5. The van der Waals surface area contributed by atoms with Crippen molar-refractivity contribution in [2.75, 3.05) is 6.54 Å². The molecule has 1 aliphatic carbocycles. The number of hydrogen-bond donors (Lipinski definition) is 1. The van der Waals surface area contributed by atoms with Crippen LogP contribution in [-0.2, 0) is 24.2 Å². The Bertz CT molecular complexity index is 1010. The summed E-state index contributed by atoms with van der Waals surface area (Å²) in [5.41, 5.74) is 4.26. The Kier molecular flexibility index (Phi) is 6.38. The van der Waals surface area contributed by atoms with E-state index in [2.05, 4.69) is 34.7 Å². The normalized spacial score (nSPS) is 13.1. The summed E-state index contributed by atoms with van der Waals surface area (Å²) in [4.78, 5) is 24.8. The second kappa shape index (κ2) is 9.53. The Morgan fingerprint density at radius 2 is 1.60 bits per heavy atom. The summed E-state index contributed by atoms with van der Waals surface area (Å²) in [5.74, 6) is 0.0255. The van der Waals surface area contributed by atoms with E-state index >= 15 is 0 Å². The quantitative estimate of drug-likeness (QED) is 0.659. The molecule has 30 heavy (non-hydrogen) atoms. The van der Waals surface area contributed by atoms with Gasteiger partial charge in [0.2, 0.25) is 5.91 Å². The molecule has 1 aromatic heterocycles. The first-order valence-electron chi connectivity index (χ1n) is 10.7. The van der Waals surface area contributed by atoms with Gasteiger partial charge in [0, 0.05) is 18.5 Å². The Hall–Kier alpha value is -3.21. The molecule has 0 radical (unpaired) electrons. The number of carbonyl (C=O) groups excluding carboxylic acids is 1. The van der Waals surface area contributed by atoms with Gasteiger partial charge >= 0.3 is 0 Å². The van der Waals surface area contributed by atoms with Gasteiger partial charge in [-0.2, -0.15) is 5.10 Å². The van der Waals surface area contributed by atoms with Gasteiger partial charge in [0.15, 0.2) is 0 Å². The molecule has 5 heteroatoms. The standard InChI is InChI=1S/C25H27N3O2/c29-24(18-28-25(30)17-21-13-7-8-14-23(21)27-28)26-16-15-22(19-9-3-1-4-10-19)20-11-5-2-6-12-20/h1-6,9-12,17,22H,7-8,13-16,18H2,(H,26,29). The highest BCUT2D eigenvalue weighted by Gasteiger charge is 2.16. The van der Waals surface area contributed by atoms with Crippen LogP contribution in [0.1, 0.15) is 47.6 Å². The fourth-order valence-electron chi connectivity index (χ4n) is 4.16. The number of carbonyl (C=O) groups is 1. The van der Waals surface area contributed by atoms with Crippen molar-refractivity contribution in [1.82, 2.24) is 15.1 Å². The zero-order chi connectivity index (χ0) is 20.8. The van der Waals surface area contributed by atoms with Crippen molar-refractivity contribution in [2.45, 2.75) is 44.6 Å². The van der Waals surface area contributed by atoms with Gasteiger partial charge in [0.1, 0.15) is 6.54 Å². The van der Waals surface area contributed by atoms with Crippen LogP contribution >= 0.6 is 0 Å². The first-order chi connectivity index (χ1) is 14.7.